The number of hydrogen-bond acceptors (Lipinski definition) is 6. The summed E-state index contributed by atoms with van der Waals surface area (Å²) in [6.07, 6.45) is 6.97. The summed E-state index contributed by atoms with van der Waals surface area (Å²) in [5.41, 5.74) is 2.38. The van der Waals surface area contributed by atoms with Gasteiger partial charge in [-0.25, -0.2) is 9.79 Å². The molecule has 0 N–H and O–H groups in total. The Kier molecular flexibility index (Phi) is 7.79. The molecular weight excluding hydrogens is 442 g/mol. The molecule has 0 amide bonds. The van der Waals surface area contributed by atoms with Crippen LogP contribution in [0.2, 0.25) is 0 Å². The molecule has 2 aliphatic heterocycles. The Morgan fingerprint density at radius 3 is 2.66 bits per heavy atom. The second-order valence-electron chi connectivity index (χ2n) is 9.65. The van der Waals surface area contributed by atoms with Crippen LogP contribution < -0.4 is 0 Å². The molecule has 0 radical (unpaired) electrons. The van der Waals surface area contributed by atoms with Gasteiger partial charge >= 0.3 is 5.97 Å². The van der Waals surface area contributed by atoms with Gasteiger partial charge in [0.25, 0.3) is 0 Å². The van der Waals surface area contributed by atoms with E-state index in [2.05, 4.69) is 31.2 Å². The third-order valence-electron chi connectivity index (χ3n) is 7.18. The van der Waals surface area contributed by atoms with E-state index < -0.39 is 6.29 Å². The van der Waals surface area contributed by atoms with Crippen molar-refractivity contribution >= 4 is 11.9 Å². The third-order valence-corrected chi connectivity index (χ3v) is 7.18. The first-order chi connectivity index (χ1) is 17.2. The van der Waals surface area contributed by atoms with Crippen LogP contribution in [0.3, 0.4) is 0 Å². The largest absolute Gasteiger partial charge is 0.458 e. The Hall–Kier alpha value is -2.70. The van der Waals surface area contributed by atoms with E-state index in [0.717, 1.165) is 51.4 Å². The van der Waals surface area contributed by atoms with E-state index >= 15 is 0 Å². The summed E-state index contributed by atoms with van der Waals surface area (Å²) in [5.74, 6) is 0.350. The molecular formula is C29H35NO5. The van der Waals surface area contributed by atoms with Crippen LogP contribution in [0.4, 0.5) is 0 Å². The molecule has 1 saturated heterocycles. The molecule has 0 unspecified atom stereocenters. The maximum atomic E-state index is 13.4. The maximum absolute atomic E-state index is 13.4. The predicted octanol–water partition coefficient (Wildman–Crippen LogP) is 5.99. The van der Waals surface area contributed by atoms with Crippen LogP contribution in [-0.4, -0.2) is 43.2 Å². The first-order valence-corrected chi connectivity index (χ1v) is 13.1. The molecule has 186 valence electrons. The second kappa shape index (κ2) is 11.4. The quantitative estimate of drug-likeness (QED) is 0.345. The minimum atomic E-state index is -0.477. The van der Waals surface area contributed by atoms with Gasteiger partial charge in [-0.2, -0.15) is 0 Å². The van der Waals surface area contributed by atoms with E-state index in [4.69, 9.17) is 23.9 Å². The van der Waals surface area contributed by atoms with Gasteiger partial charge in [0, 0.05) is 18.9 Å². The summed E-state index contributed by atoms with van der Waals surface area (Å²) in [5, 5.41) is 0. The number of aliphatic imine (C=N–C) groups is 1. The average molecular weight is 478 g/mol. The molecule has 1 saturated carbocycles. The van der Waals surface area contributed by atoms with Gasteiger partial charge in [0.15, 0.2) is 6.29 Å². The first-order valence-electron chi connectivity index (χ1n) is 13.1. The fraction of sp³-hybridized carbons (Fsp3) is 0.517. The Morgan fingerprint density at radius 1 is 1.00 bits per heavy atom. The molecule has 5 rings (SSSR count). The van der Waals surface area contributed by atoms with Crippen LogP contribution in [0.15, 0.2) is 59.6 Å². The van der Waals surface area contributed by atoms with Gasteiger partial charge in [0.2, 0.25) is 12.2 Å². The van der Waals surface area contributed by atoms with Gasteiger partial charge in [-0.1, -0.05) is 62.2 Å². The highest BCUT2D eigenvalue weighted by molar-refractivity contribution is 6.06. The molecule has 5 atom stereocenters. The number of nitrogens with zero attached hydrogens (tertiary/aromatic N) is 1. The number of fused-ring (bicyclic) bond motifs is 1. The van der Waals surface area contributed by atoms with Crippen molar-refractivity contribution in [1.82, 2.24) is 0 Å². The van der Waals surface area contributed by atoms with Crippen molar-refractivity contribution in [1.29, 1.82) is 0 Å². The molecule has 0 spiro atoms. The van der Waals surface area contributed by atoms with Crippen molar-refractivity contribution in [3.63, 3.8) is 0 Å². The lowest BCUT2D eigenvalue weighted by Crippen LogP contribution is -2.38. The number of carbonyl (C=O) groups is 1. The van der Waals surface area contributed by atoms with E-state index in [9.17, 15) is 4.79 Å². The fourth-order valence-electron chi connectivity index (χ4n) is 5.26. The Bertz CT molecular complexity index is 1020. The van der Waals surface area contributed by atoms with Gasteiger partial charge < -0.3 is 18.9 Å². The zero-order chi connectivity index (χ0) is 24.0. The number of esters is 1. The molecule has 2 aromatic rings. The zero-order valence-electron chi connectivity index (χ0n) is 20.4. The molecule has 2 fully saturated rings. The van der Waals surface area contributed by atoms with Crippen molar-refractivity contribution in [2.24, 2.45) is 4.99 Å². The second-order valence-corrected chi connectivity index (χ2v) is 9.65. The highest BCUT2D eigenvalue weighted by Crippen LogP contribution is 2.36. The minimum Gasteiger partial charge on any atom is -0.458 e. The van der Waals surface area contributed by atoms with Crippen LogP contribution >= 0.6 is 0 Å². The molecule has 6 nitrogen and oxygen atoms in total. The van der Waals surface area contributed by atoms with E-state index in [1.807, 2.05) is 24.3 Å². The maximum Gasteiger partial charge on any atom is 0.339 e. The molecule has 3 aliphatic rings. The summed E-state index contributed by atoms with van der Waals surface area (Å²) in [6, 6.07) is 17.7. The summed E-state index contributed by atoms with van der Waals surface area (Å²) in [7, 11) is 0. The van der Waals surface area contributed by atoms with Gasteiger partial charge in [0.1, 0.15) is 12.1 Å². The van der Waals surface area contributed by atoms with Crippen molar-refractivity contribution in [3.8, 4) is 0 Å². The highest BCUT2D eigenvalue weighted by atomic mass is 16.8. The number of rotatable bonds is 8. The SMILES string of the molecule is CCCCO[C@@H]1CC[C@H]2N=C(c3ccccc3C(=O)O[C@@H]3CCCC[C@H]3c3ccccc3)O[C@H]2O1. The normalized spacial score (nSPS) is 28.0. The average Bonchev–Trinajstić information content (AvgIpc) is 3.33. The van der Waals surface area contributed by atoms with Gasteiger partial charge in [-0.15, -0.1) is 0 Å². The van der Waals surface area contributed by atoms with Crippen LogP contribution in [-0.2, 0) is 18.9 Å². The Morgan fingerprint density at radius 2 is 1.80 bits per heavy atom. The first kappa shape index (κ1) is 24.0. The van der Waals surface area contributed by atoms with Gasteiger partial charge in [-0.3, -0.25) is 0 Å². The summed E-state index contributed by atoms with van der Waals surface area (Å²) in [6.45, 7) is 2.83. The molecule has 2 heterocycles. The van der Waals surface area contributed by atoms with E-state index in [0.29, 0.717) is 23.6 Å². The van der Waals surface area contributed by atoms with Gasteiger partial charge in [0.05, 0.1) is 11.1 Å². The summed E-state index contributed by atoms with van der Waals surface area (Å²) < 4.78 is 24.1. The molecule has 0 aromatic heterocycles. The molecule has 2 aromatic carbocycles. The smallest absolute Gasteiger partial charge is 0.339 e. The number of ether oxygens (including phenoxy) is 4. The standard InChI is InChI=1S/C29H35NO5/c1-2-3-19-32-26-18-17-24-29(34-26)35-27(30-24)22-14-7-8-15-23(22)28(31)33-25-16-10-9-13-21(25)20-11-5-4-6-12-20/h4-8,11-12,14-15,21,24-26,29H,2-3,9-10,13,16-19H2,1H3/t21-,24+,25+,26-,29+/m0/s1. The van der Waals surface area contributed by atoms with E-state index in [-0.39, 0.29) is 30.3 Å². The van der Waals surface area contributed by atoms with Crippen LogP contribution in [0, 0.1) is 0 Å². The van der Waals surface area contributed by atoms with Crippen molar-refractivity contribution in [3.05, 3.63) is 71.3 Å². The number of benzene rings is 2. The monoisotopic (exact) mass is 477 g/mol. The lowest BCUT2D eigenvalue weighted by atomic mass is 9.81. The zero-order valence-corrected chi connectivity index (χ0v) is 20.4. The molecule has 0 bridgehead atoms. The van der Waals surface area contributed by atoms with E-state index in [1.54, 1.807) is 6.07 Å². The van der Waals surface area contributed by atoms with Crippen molar-refractivity contribution < 1.29 is 23.7 Å². The minimum absolute atomic E-state index is 0.0825. The lowest BCUT2D eigenvalue weighted by Gasteiger charge is -2.31. The predicted molar refractivity (Wildman–Crippen MR) is 133 cm³/mol. The van der Waals surface area contributed by atoms with Crippen LogP contribution in [0.1, 0.15) is 85.7 Å². The van der Waals surface area contributed by atoms with Crippen molar-refractivity contribution in [2.45, 2.75) is 88.9 Å². The Balaban J connectivity index is 1.28. The van der Waals surface area contributed by atoms with Crippen LogP contribution in [0.25, 0.3) is 0 Å². The molecule has 35 heavy (non-hydrogen) atoms. The molecule has 6 heteroatoms. The topological polar surface area (TPSA) is 66.4 Å². The number of unbranched alkanes of at least 4 members (excludes halogenated alkanes) is 1. The summed E-state index contributed by atoms with van der Waals surface area (Å²) >= 11 is 0. The number of hydrogen-bond donors (Lipinski definition) is 0. The summed E-state index contributed by atoms with van der Waals surface area (Å²) in [4.78, 5) is 18.2. The van der Waals surface area contributed by atoms with Crippen LogP contribution in [0.5, 0.6) is 0 Å². The Labute approximate surface area is 207 Å². The van der Waals surface area contributed by atoms with Crippen molar-refractivity contribution in [2.75, 3.05) is 6.61 Å². The van der Waals surface area contributed by atoms with E-state index in [1.165, 1.54) is 5.56 Å². The van der Waals surface area contributed by atoms with Gasteiger partial charge in [-0.05, 0) is 49.8 Å². The lowest BCUT2D eigenvalue weighted by molar-refractivity contribution is -0.244. The number of carbonyl (C=O) groups excluding carboxylic acids is 1. The fourth-order valence-corrected chi connectivity index (χ4v) is 5.26. The molecule has 1 aliphatic carbocycles. The highest BCUT2D eigenvalue weighted by Gasteiger charge is 2.40. The third kappa shape index (κ3) is 5.60.